The molecule has 1 amide bonds. The van der Waals surface area contributed by atoms with E-state index in [0.717, 1.165) is 23.4 Å². The second-order valence-corrected chi connectivity index (χ2v) is 6.55. The number of carbonyl (C=O) groups is 1. The van der Waals surface area contributed by atoms with Crippen LogP contribution in [0.3, 0.4) is 0 Å². The Kier molecular flexibility index (Phi) is 3.64. The number of carbonyl (C=O) groups excluding carboxylic acids is 1. The summed E-state index contributed by atoms with van der Waals surface area (Å²) in [6.07, 6.45) is 0.518. The first-order valence-corrected chi connectivity index (χ1v) is 7.53. The number of amides is 1. The summed E-state index contributed by atoms with van der Waals surface area (Å²) in [6, 6.07) is 10.1. The van der Waals surface area contributed by atoms with E-state index >= 15 is 0 Å². The van der Waals surface area contributed by atoms with Crippen LogP contribution in [0.1, 0.15) is 32.0 Å². The zero-order valence-corrected chi connectivity index (χ0v) is 13.2. The molecule has 1 aliphatic rings. The van der Waals surface area contributed by atoms with E-state index in [1.54, 1.807) is 4.90 Å². The van der Waals surface area contributed by atoms with Crippen LogP contribution in [0.25, 0.3) is 11.3 Å². The predicted molar refractivity (Wildman–Crippen MR) is 84.4 cm³/mol. The molecule has 0 bridgehead atoms. The number of rotatable bonds is 1. The topological polar surface area (TPSA) is 58.2 Å². The summed E-state index contributed by atoms with van der Waals surface area (Å²) in [4.78, 5) is 13.9. The van der Waals surface area contributed by atoms with E-state index in [4.69, 9.17) is 4.74 Å². The zero-order valence-electron chi connectivity index (χ0n) is 13.2. The van der Waals surface area contributed by atoms with E-state index in [2.05, 4.69) is 22.3 Å². The summed E-state index contributed by atoms with van der Waals surface area (Å²) in [5.74, 6) is 0. The molecule has 0 radical (unpaired) electrons. The number of ether oxygens (including phenoxy) is 1. The summed E-state index contributed by atoms with van der Waals surface area (Å²) in [5, 5.41) is 7.51. The fourth-order valence-electron chi connectivity index (χ4n) is 2.64. The molecule has 1 aromatic carbocycles. The van der Waals surface area contributed by atoms with Crippen molar-refractivity contribution in [1.82, 2.24) is 15.1 Å². The van der Waals surface area contributed by atoms with Gasteiger partial charge in [0, 0.05) is 17.7 Å². The van der Waals surface area contributed by atoms with Crippen LogP contribution < -0.4 is 0 Å². The quantitative estimate of drug-likeness (QED) is 0.878. The van der Waals surface area contributed by atoms with Crippen LogP contribution in [0.15, 0.2) is 30.3 Å². The molecule has 2 heterocycles. The Morgan fingerprint density at radius 1 is 1.27 bits per heavy atom. The monoisotopic (exact) mass is 299 g/mol. The largest absolute Gasteiger partial charge is 0.444 e. The highest BCUT2D eigenvalue weighted by molar-refractivity contribution is 5.70. The Bertz CT molecular complexity index is 671. The van der Waals surface area contributed by atoms with Crippen molar-refractivity contribution in [3.05, 3.63) is 41.6 Å². The van der Waals surface area contributed by atoms with Crippen LogP contribution in [0.4, 0.5) is 4.79 Å². The number of aromatic nitrogens is 2. The van der Waals surface area contributed by atoms with Gasteiger partial charge in [-0.1, -0.05) is 30.3 Å². The average molecular weight is 299 g/mol. The molecule has 3 rings (SSSR count). The van der Waals surface area contributed by atoms with Crippen LogP contribution in [-0.4, -0.2) is 33.3 Å². The number of fused-ring (bicyclic) bond motifs is 1. The molecule has 5 heteroatoms. The molecular weight excluding hydrogens is 278 g/mol. The van der Waals surface area contributed by atoms with Gasteiger partial charge in [0.05, 0.1) is 17.9 Å². The van der Waals surface area contributed by atoms with E-state index < -0.39 is 5.60 Å². The summed E-state index contributed by atoms with van der Waals surface area (Å²) >= 11 is 0. The van der Waals surface area contributed by atoms with Gasteiger partial charge in [-0.3, -0.25) is 5.10 Å². The van der Waals surface area contributed by atoms with Crippen molar-refractivity contribution in [1.29, 1.82) is 0 Å². The first-order valence-electron chi connectivity index (χ1n) is 7.53. The minimum absolute atomic E-state index is 0.269. The van der Waals surface area contributed by atoms with Gasteiger partial charge in [0.15, 0.2) is 0 Å². The standard InChI is InChI=1S/C17H21N3O2/c1-17(2,3)22-16(21)20-10-9-13-14(11-20)18-19-15(13)12-7-5-4-6-8-12/h4-8H,9-11H2,1-3H3,(H,18,19). The number of hydrogen-bond donors (Lipinski definition) is 1. The van der Waals surface area contributed by atoms with Gasteiger partial charge in [0.25, 0.3) is 0 Å². The number of nitrogens with zero attached hydrogens (tertiary/aromatic N) is 2. The Morgan fingerprint density at radius 2 is 2.00 bits per heavy atom. The Labute approximate surface area is 130 Å². The summed E-state index contributed by atoms with van der Waals surface area (Å²) in [7, 11) is 0. The molecular formula is C17H21N3O2. The Morgan fingerprint density at radius 3 is 2.68 bits per heavy atom. The van der Waals surface area contributed by atoms with Gasteiger partial charge in [-0.2, -0.15) is 5.10 Å². The smallest absolute Gasteiger partial charge is 0.410 e. The molecule has 1 aromatic heterocycles. The molecule has 0 unspecified atom stereocenters. The fraction of sp³-hybridized carbons (Fsp3) is 0.412. The number of benzene rings is 1. The molecule has 0 saturated carbocycles. The molecule has 0 spiro atoms. The normalized spacial score (nSPS) is 14.6. The highest BCUT2D eigenvalue weighted by Gasteiger charge is 2.28. The van der Waals surface area contributed by atoms with Crippen molar-refractivity contribution in [3.63, 3.8) is 0 Å². The fourth-order valence-corrected chi connectivity index (χ4v) is 2.64. The van der Waals surface area contributed by atoms with Gasteiger partial charge in [-0.15, -0.1) is 0 Å². The summed E-state index contributed by atoms with van der Waals surface area (Å²) in [5.41, 5.74) is 3.81. The van der Waals surface area contributed by atoms with Gasteiger partial charge in [0.2, 0.25) is 0 Å². The lowest BCUT2D eigenvalue weighted by atomic mass is 10.0. The van der Waals surface area contributed by atoms with E-state index in [0.29, 0.717) is 13.1 Å². The van der Waals surface area contributed by atoms with Crippen molar-refractivity contribution >= 4 is 6.09 Å². The van der Waals surface area contributed by atoms with Crippen molar-refractivity contribution in [2.24, 2.45) is 0 Å². The summed E-state index contributed by atoms with van der Waals surface area (Å²) in [6.45, 7) is 6.81. The van der Waals surface area contributed by atoms with Crippen molar-refractivity contribution < 1.29 is 9.53 Å². The molecule has 22 heavy (non-hydrogen) atoms. The van der Waals surface area contributed by atoms with E-state index in [9.17, 15) is 4.79 Å². The highest BCUT2D eigenvalue weighted by atomic mass is 16.6. The zero-order chi connectivity index (χ0) is 15.7. The molecule has 2 aromatic rings. The predicted octanol–water partition coefficient (Wildman–Crippen LogP) is 3.37. The van der Waals surface area contributed by atoms with Crippen LogP contribution >= 0.6 is 0 Å². The van der Waals surface area contributed by atoms with Crippen molar-refractivity contribution in [3.8, 4) is 11.3 Å². The SMILES string of the molecule is CC(C)(C)OC(=O)N1CCc2c(-c3ccccc3)n[nH]c2C1. The second kappa shape index (κ2) is 5.48. The maximum Gasteiger partial charge on any atom is 0.410 e. The van der Waals surface area contributed by atoms with Crippen LogP contribution in [0.2, 0.25) is 0 Å². The molecule has 0 fully saturated rings. The second-order valence-electron chi connectivity index (χ2n) is 6.55. The molecule has 1 N–H and O–H groups in total. The van der Waals surface area contributed by atoms with E-state index in [-0.39, 0.29) is 6.09 Å². The molecule has 0 atom stereocenters. The third-order valence-corrected chi connectivity index (χ3v) is 3.63. The van der Waals surface area contributed by atoms with E-state index in [1.165, 1.54) is 5.56 Å². The van der Waals surface area contributed by atoms with Crippen LogP contribution in [0.5, 0.6) is 0 Å². The lowest BCUT2D eigenvalue weighted by Gasteiger charge is -2.29. The summed E-state index contributed by atoms with van der Waals surface area (Å²) < 4.78 is 5.44. The first-order chi connectivity index (χ1) is 10.4. The van der Waals surface area contributed by atoms with E-state index in [1.807, 2.05) is 39.0 Å². The maximum absolute atomic E-state index is 12.2. The molecule has 1 aliphatic heterocycles. The molecule has 0 aliphatic carbocycles. The third-order valence-electron chi connectivity index (χ3n) is 3.63. The Hall–Kier alpha value is -2.30. The lowest BCUT2D eigenvalue weighted by molar-refractivity contribution is 0.0221. The Balaban J connectivity index is 1.78. The highest BCUT2D eigenvalue weighted by Crippen LogP contribution is 2.28. The van der Waals surface area contributed by atoms with Gasteiger partial charge in [-0.25, -0.2) is 4.79 Å². The van der Waals surface area contributed by atoms with Crippen LogP contribution in [0, 0.1) is 0 Å². The third kappa shape index (κ3) is 2.98. The van der Waals surface area contributed by atoms with Crippen molar-refractivity contribution in [2.75, 3.05) is 6.54 Å². The minimum atomic E-state index is -0.472. The molecule has 0 saturated heterocycles. The number of nitrogens with one attached hydrogen (secondary N) is 1. The van der Waals surface area contributed by atoms with Gasteiger partial charge >= 0.3 is 6.09 Å². The van der Waals surface area contributed by atoms with Gasteiger partial charge in [-0.05, 0) is 27.2 Å². The van der Waals surface area contributed by atoms with Crippen molar-refractivity contribution in [2.45, 2.75) is 39.3 Å². The lowest BCUT2D eigenvalue weighted by Crippen LogP contribution is -2.39. The van der Waals surface area contributed by atoms with Crippen LogP contribution in [-0.2, 0) is 17.7 Å². The van der Waals surface area contributed by atoms with Gasteiger partial charge < -0.3 is 9.64 Å². The molecule has 5 nitrogen and oxygen atoms in total. The number of aromatic amines is 1. The first kappa shape index (κ1) is 14.6. The maximum atomic E-state index is 12.2. The number of H-pyrrole nitrogens is 1. The number of hydrogen-bond acceptors (Lipinski definition) is 3. The molecule has 116 valence electrons. The average Bonchev–Trinajstić information content (AvgIpc) is 2.89. The minimum Gasteiger partial charge on any atom is -0.444 e. The van der Waals surface area contributed by atoms with Gasteiger partial charge in [0.1, 0.15) is 5.60 Å².